The second-order valence-corrected chi connectivity index (χ2v) is 7.80. The van der Waals surface area contributed by atoms with E-state index in [1.54, 1.807) is 0 Å². The summed E-state index contributed by atoms with van der Waals surface area (Å²) in [4.78, 5) is 12.7. The lowest BCUT2D eigenvalue weighted by atomic mass is 10.1. The minimum Gasteiger partial charge on any atom is -0.352 e. The van der Waals surface area contributed by atoms with Gasteiger partial charge in [-0.2, -0.15) is 0 Å². The molecule has 0 bridgehead atoms. The van der Waals surface area contributed by atoms with E-state index in [4.69, 9.17) is 0 Å². The fourth-order valence-electron chi connectivity index (χ4n) is 2.21. The van der Waals surface area contributed by atoms with E-state index in [1.165, 1.54) is 19.3 Å². The number of hydrogen-bond donors (Lipinski definition) is 1. The van der Waals surface area contributed by atoms with Crippen molar-refractivity contribution in [3.05, 3.63) is 31.8 Å². The van der Waals surface area contributed by atoms with Crippen LogP contribution in [-0.2, 0) is 0 Å². The first kappa shape index (κ1) is 14.8. The third-order valence-corrected chi connectivity index (χ3v) is 5.90. The molecule has 0 saturated heterocycles. The maximum absolute atomic E-state index is 12.1. The number of hydrogen-bond acceptors (Lipinski definition) is 1. The van der Waals surface area contributed by atoms with E-state index < -0.39 is 0 Å². The zero-order valence-corrected chi connectivity index (χ0v) is 15.1. The molecule has 0 spiro atoms. The fraction of sp³-hybridized carbons (Fsp3) is 0.462. The average Bonchev–Trinajstić information content (AvgIpc) is 2.75. The van der Waals surface area contributed by atoms with Gasteiger partial charge >= 0.3 is 0 Å². The van der Waals surface area contributed by atoms with Crippen LogP contribution in [0.4, 0.5) is 0 Å². The molecule has 0 aromatic heterocycles. The van der Waals surface area contributed by atoms with Crippen molar-refractivity contribution >= 4 is 60.4 Å². The van der Waals surface area contributed by atoms with E-state index in [0.717, 1.165) is 20.2 Å². The van der Waals surface area contributed by atoms with Gasteiger partial charge in [0.15, 0.2) is 0 Å². The molecule has 2 nitrogen and oxygen atoms in total. The van der Waals surface area contributed by atoms with Crippen molar-refractivity contribution in [2.75, 3.05) is 6.54 Å². The number of alkyl halides is 1. The minimum absolute atomic E-state index is 0.0206. The molecule has 1 aliphatic carbocycles. The molecule has 1 fully saturated rings. The van der Waals surface area contributed by atoms with Gasteiger partial charge in [-0.25, -0.2) is 0 Å². The Labute approximate surface area is 138 Å². The van der Waals surface area contributed by atoms with Crippen LogP contribution in [0.15, 0.2) is 22.7 Å². The molecule has 2 atom stereocenters. The van der Waals surface area contributed by atoms with E-state index in [2.05, 4.69) is 59.8 Å². The van der Waals surface area contributed by atoms with Gasteiger partial charge in [0.25, 0.3) is 5.91 Å². The molecule has 2 unspecified atom stereocenters. The van der Waals surface area contributed by atoms with Crippen molar-refractivity contribution in [3.63, 3.8) is 0 Å². The van der Waals surface area contributed by atoms with Crippen LogP contribution in [0.25, 0.3) is 0 Å². The zero-order valence-electron chi connectivity index (χ0n) is 9.76. The molecule has 1 saturated carbocycles. The Kier molecular flexibility index (Phi) is 5.50. The van der Waals surface area contributed by atoms with Crippen LogP contribution in [-0.4, -0.2) is 17.3 Å². The highest BCUT2D eigenvalue weighted by molar-refractivity contribution is 14.1. The smallest absolute Gasteiger partial charge is 0.252 e. The van der Waals surface area contributed by atoms with Gasteiger partial charge < -0.3 is 5.32 Å². The first-order valence-electron chi connectivity index (χ1n) is 5.95. The van der Waals surface area contributed by atoms with Crippen molar-refractivity contribution in [2.45, 2.75) is 24.1 Å². The summed E-state index contributed by atoms with van der Waals surface area (Å²) in [5.74, 6) is 0.589. The highest BCUT2D eigenvalue weighted by Gasteiger charge is 2.25. The Morgan fingerprint density at radius 1 is 1.44 bits per heavy atom. The molecule has 0 aliphatic heterocycles. The normalized spacial score (nSPS) is 23.1. The maximum atomic E-state index is 12.1. The van der Waals surface area contributed by atoms with Crippen LogP contribution in [0, 0.1) is 9.49 Å². The molecule has 1 amide bonds. The molecule has 0 radical (unpaired) electrons. The zero-order chi connectivity index (χ0) is 13.1. The Bertz CT molecular complexity index is 453. The Morgan fingerprint density at radius 2 is 2.22 bits per heavy atom. The number of rotatable bonds is 3. The lowest BCUT2D eigenvalue weighted by Gasteiger charge is -2.15. The summed E-state index contributed by atoms with van der Waals surface area (Å²) in [6.45, 7) is 0.761. The van der Waals surface area contributed by atoms with Crippen molar-refractivity contribution < 1.29 is 4.79 Å². The number of carbonyl (C=O) groups excluding carboxylic acids is 1. The topological polar surface area (TPSA) is 29.1 Å². The van der Waals surface area contributed by atoms with Crippen molar-refractivity contribution in [1.82, 2.24) is 5.32 Å². The lowest BCUT2D eigenvalue weighted by Crippen LogP contribution is -2.31. The molecular formula is C13H14Br2INO. The maximum Gasteiger partial charge on any atom is 0.252 e. The highest BCUT2D eigenvalue weighted by Crippen LogP contribution is 2.31. The second-order valence-electron chi connectivity index (χ2n) is 4.54. The predicted molar refractivity (Wildman–Crippen MR) is 89.2 cm³/mol. The van der Waals surface area contributed by atoms with Crippen molar-refractivity contribution in [3.8, 4) is 0 Å². The van der Waals surface area contributed by atoms with E-state index in [9.17, 15) is 4.79 Å². The van der Waals surface area contributed by atoms with Crippen LogP contribution in [0.5, 0.6) is 0 Å². The van der Waals surface area contributed by atoms with Crippen LogP contribution < -0.4 is 5.32 Å². The summed E-state index contributed by atoms with van der Waals surface area (Å²) >= 11 is 9.27. The molecule has 5 heteroatoms. The van der Waals surface area contributed by atoms with E-state index >= 15 is 0 Å². The number of amides is 1. The van der Waals surface area contributed by atoms with Gasteiger partial charge in [0.2, 0.25) is 0 Å². The van der Waals surface area contributed by atoms with Gasteiger partial charge in [-0.15, -0.1) is 0 Å². The van der Waals surface area contributed by atoms with Gasteiger partial charge in [-0.3, -0.25) is 4.79 Å². The first-order chi connectivity index (χ1) is 8.58. The standard InChI is InChI=1S/C13H14Br2INO/c14-9-4-5-12(16)10(6-9)13(18)17-7-8-2-1-3-11(8)15/h4-6,8,11H,1-3,7H2,(H,17,18). The van der Waals surface area contributed by atoms with Crippen molar-refractivity contribution in [2.24, 2.45) is 5.92 Å². The fourth-order valence-corrected chi connectivity index (χ4v) is 3.93. The quantitative estimate of drug-likeness (QED) is 0.499. The Hall–Kier alpha value is 0.380. The minimum atomic E-state index is 0.0206. The van der Waals surface area contributed by atoms with Crippen LogP contribution in [0.3, 0.4) is 0 Å². The summed E-state index contributed by atoms with van der Waals surface area (Å²) in [5.41, 5.74) is 0.745. The number of benzene rings is 1. The third kappa shape index (κ3) is 3.70. The van der Waals surface area contributed by atoms with Crippen molar-refractivity contribution in [1.29, 1.82) is 0 Å². The molecule has 1 aromatic rings. The molecule has 98 valence electrons. The predicted octanol–water partition coefficient (Wildman–Crippen LogP) is 4.35. The highest BCUT2D eigenvalue weighted by atomic mass is 127. The molecular weight excluding hydrogens is 473 g/mol. The monoisotopic (exact) mass is 485 g/mol. The summed E-state index contributed by atoms with van der Waals surface area (Å²) in [7, 11) is 0. The number of halogens is 3. The van der Waals surface area contributed by atoms with Gasteiger partial charge in [-0.05, 0) is 59.5 Å². The molecule has 18 heavy (non-hydrogen) atoms. The van der Waals surface area contributed by atoms with Gasteiger partial charge in [-0.1, -0.05) is 38.3 Å². The van der Waals surface area contributed by atoms with Crippen LogP contribution >= 0.6 is 54.5 Å². The molecule has 1 aromatic carbocycles. The molecule has 0 heterocycles. The van der Waals surface area contributed by atoms with Crippen LogP contribution in [0.1, 0.15) is 29.6 Å². The number of nitrogens with one attached hydrogen (secondary N) is 1. The molecule has 1 aliphatic rings. The first-order valence-corrected chi connectivity index (χ1v) is 8.74. The van der Waals surface area contributed by atoms with Crippen LogP contribution in [0.2, 0.25) is 0 Å². The SMILES string of the molecule is O=C(NCC1CCCC1Br)c1cc(Br)ccc1I. The van der Waals surface area contributed by atoms with Gasteiger partial charge in [0, 0.05) is 19.4 Å². The lowest BCUT2D eigenvalue weighted by molar-refractivity contribution is 0.0947. The second kappa shape index (κ2) is 6.70. The van der Waals surface area contributed by atoms with E-state index in [1.807, 2.05) is 18.2 Å². The summed E-state index contributed by atoms with van der Waals surface area (Å²) in [6.07, 6.45) is 3.67. The molecule has 2 rings (SSSR count). The largest absolute Gasteiger partial charge is 0.352 e. The average molecular weight is 487 g/mol. The van der Waals surface area contributed by atoms with Gasteiger partial charge in [0.05, 0.1) is 5.56 Å². The number of carbonyl (C=O) groups is 1. The van der Waals surface area contributed by atoms with E-state index in [-0.39, 0.29) is 5.91 Å². The molecule has 1 N–H and O–H groups in total. The third-order valence-electron chi connectivity index (χ3n) is 3.26. The summed E-state index contributed by atoms with van der Waals surface area (Å²) in [6, 6.07) is 5.77. The summed E-state index contributed by atoms with van der Waals surface area (Å²) in [5, 5.41) is 3.04. The summed E-state index contributed by atoms with van der Waals surface area (Å²) < 4.78 is 1.92. The Morgan fingerprint density at radius 3 is 2.89 bits per heavy atom. The Balaban J connectivity index is 1.97. The van der Waals surface area contributed by atoms with Gasteiger partial charge in [0.1, 0.15) is 0 Å². The van der Waals surface area contributed by atoms with E-state index in [0.29, 0.717) is 10.7 Å².